The number of phenols is 1. The SMILES string of the molecule is CCCC(C)N(C)C(C)c1ccccc1O. The van der Waals surface area contributed by atoms with Crippen LogP contribution in [0.1, 0.15) is 45.2 Å². The third-order valence-electron chi connectivity index (χ3n) is 3.40. The Hall–Kier alpha value is -1.02. The third-order valence-corrected chi connectivity index (χ3v) is 3.40. The molecule has 2 atom stereocenters. The number of phenolic OH excluding ortho intramolecular Hbond substituents is 1. The average Bonchev–Trinajstić information content (AvgIpc) is 2.28. The predicted molar refractivity (Wildman–Crippen MR) is 68.7 cm³/mol. The fourth-order valence-corrected chi connectivity index (χ4v) is 2.06. The number of para-hydroxylation sites is 1. The molecule has 16 heavy (non-hydrogen) atoms. The minimum atomic E-state index is 0.253. The smallest absolute Gasteiger partial charge is 0.120 e. The van der Waals surface area contributed by atoms with Crippen LogP contribution < -0.4 is 0 Å². The van der Waals surface area contributed by atoms with Crippen LogP contribution in [-0.2, 0) is 0 Å². The molecule has 0 fully saturated rings. The van der Waals surface area contributed by atoms with E-state index in [1.54, 1.807) is 6.07 Å². The molecule has 0 aliphatic heterocycles. The van der Waals surface area contributed by atoms with Crippen LogP contribution in [0.2, 0.25) is 0 Å². The van der Waals surface area contributed by atoms with Gasteiger partial charge in [0, 0.05) is 17.6 Å². The summed E-state index contributed by atoms with van der Waals surface area (Å²) in [6.07, 6.45) is 2.38. The van der Waals surface area contributed by atoms with Crippen molar-refractivity contribution < 1.29 is 5.11 Å². The van der Waals surface area contributed by atoms with Crippen LogP contribution in [0.3, 0.4) is 0 Å². The van der Waals surface area contributed by atoms with Gasteiger partial charge in [-0.25, -0.2) is 0 Å². The molecule has 0 aliphatic carbocycles. The molecule has 0 bridgehead atoms. The molecular weight excluding hydrogens is 198 g/mol. The number of benzene rings is 1. The van der Waals surface area contributed by atoms with E-state index in [9.17, 15) is 5.11 Å². The minimum absolute atomic E-state index is 0.253. The normalized spacial score (nSPS) is 15.1. The fraction of sp³-hybridized carbons (Fsp3) is 0.571. The molecule has 0 saturated carbocycles. The average molecular weight is 221 g/mol. The lowest BCUT2D eigenvalue weighted by atomic mass is 10.0. The summed E-state index contributed by atoms with van der Waals surface area (Å²) < 4.78 is 0. The minimum Gasteiger partial charge on any atom is -0.508 e. The standard InChI is InChI=1S/C14H23NO/c1-5-8-11(2)15(4)12(3)13-9-6-7-10-14(13)16/h6-7,9-12,16H,5,8H2,1-4H3. The van der Waals surface area contributed by atoms with Gasteiger partial charge in [0.05, 0.1) is 0 Å². The zero-order valence-corrected chi connectivity index (χ0v) is 10.8. The number of nitrogens with zero attached hydrogens (tertiary/aromatic N) is 1. The van der Waals surface area contributed by atoms with Crippen LogP contribution in [0.15, 0.2) is 24.3 Å². The molecule has 90 valence electrons. The Morgan fingerprint density at radius 2 is 1.88 bits per heavy atom. The summed E-state index contributed by atoms with van der Waals surface area (Å²) in [5.41, 5.74) is 1.01. The van der Waals surface area contributed by atoms with Gasteiger partial charge in [0.2, 0.25) is 0 Å². The summed E-state index contributed by atoms with van der Waals surface area (Å²) in [5, 5.41) is 9.81. The highest BCUT2D eigenvalue weighted by Gasteiger charge is 2.18. The van der Waals surface area contributed by atoms with Crippen molar-refractivity contribution in [1.82, 2.24) is 4.90 Å². The second-order valence-electron chi connectivity index (χ2n) is 4.54. The quantitative estimate of drug-likeness (QED) is 0.821. The molecule has 1 aromatic carbocycles. The Bertz CT molecular complexity index is 324. The van der Waals surface area contributed by atoms with E-state index in [0.717, 1.165) is 5.56 Å². The largest absolute Gasteiger partial charge is 0.508 e. The molecule has 0 aromatic heterocycles. The van der Waals surface area contributed by atoms with Crippen molar-refractivity contribution in [3.8, 4) is 5.75 Å². The molecule has 1 N–H and O–H groups in total. The Labute approximate surface area is 98.9 Å². The third kappa shape index (κ3) is 2.99. The summed E-state index contributed by atoms with van der Waals surface area (Å²) in [4.78, 5) is 2.32. The summed E-state index contributed by atoms with van der Waals surface area (Å²) in [6, 6.07) is 8.38. The van der Waals surface area contributed by atoms with E-state index in [1.165, 1.54) is 12.8 Å². The maximum absolute atomic E-state index is 9.81. The zero-order chi connectivity index (χ0) is 12.1. The van der Waals surface area contributed by atoms with Crippen LogP contribution in [0.4, 0.5) is 0 Å². The first-order valence-electron chi connectivity index (χ1n) is 6.07. The Morgan fingerprint density at radius 3 is 2.44 bits per heavy atom. The Balaban J connectivity index is 2.77. The zero-order valence-electron chi connectivity index (χ0n) is 10.8. The van der Waals surface area contributed by atoms with Gasteiger partial charge < -0.3 is 5.11 Å². The van der Waals surface area contributed by atoms with Crippen molar-refractivity contribution >= 4 is 0 Å². The monoisotopic (exact) mass is 221 g/mol. The Morgan fingerprint density at radius 1 is 1.25 bits per heavy atom. The van der Waals surface area contributed by atoms with Crippen molar-refractivity contribution in [2.45, 2.75) is 45.7 Å². The number of rotatable bonds is 5. The molecule has 2 heteroatoms. The topological polar surface area (TPSA) is 23.5 Å². The van der Waals surface area contributed by atoms with Gasteiger partial charge in [-0.3, -0.25) is 4.90 Å². The maximum atomic E-state index is 9.81. The van der Waals surface area contributed by atoms with E-state index in [1.807, 2.05) is 18.2 Å². The molecule has 0 amide bonds. The molecule has 1 aromatic rings. The lowest BCUT2D eigenvalue weighted by Gasteiger charge is -2.31. The molecule has 0 heterocycles. The van der Waals surface area contributed by atoms with E-state index in [-0.39, 0.29) is 6.04 Å². The second kappa shape index (κ2) is 5.90. The van der Waals surface area contributed by atoms with Crippen LogP contribution in [0, 0.1) is 0 Å². The highest BCUT2D eigenvalue weighted by molar-refractivity contribution is 5.34. The van der Waals surface area contributed by atoms with Crippen molar-refractivity contribution in [2.75, 3.05) is 7.05 Å². The van der Waals surface area contributed by atoms with Crippen LogP contribution in [-0.4, -0.2) is 23.1 Å². The van der Waals surface area contributed by atoms with Gasteiger partial charge in [0.1, 0.15) is 5.75 Å². The van der Waals surface area contributed by atoms with Gasteiger partial charge in [-0.1, -0.05) is 31.5 Å². The molecule has 0 spiro atoms. The van der Waals surface area contributed by atoms with Gasteiger partial charge in [-0.2, -0.15) is 0 Å². The van der Waals surface area contributed by atoms with Crippen molar-refractivity contribution in [3.63, 3.8) is 0 Å². The van der Waals surface area contributed by atoms with E-state index >= 15 is 0 Å². The van der Waals surface area contributed by atoms with Gasteiger partial charge in [0.15, 0.2) is 0 Å². The van der Waals surface area contributed by atoms with Crippen LogP contribution in [0.25, 0.3) is 0 Å². The van der Waals surface area contributed by atoms with E-state index in [2.05, 4.69) is 32.7 Å². The van der Waals surface area contributed by atoms with Crippen LogP contribution >= 0.6 is 0 Å². The van der Waals surface area contributed by atoms with Gasteiger partial charge in [-0.15, -0.1) is 0 Å². The Kier molecular flexibility index (Phi) is 4.81. The van der Waals surface area contributed by atoms with E-state index in [0.29, 0.717) is 11.8 Å². The summed E-state index contributed by atoms with van der Waals surface area (Å²) in [7, 11) is 2.12. The second-order valence-corrected chi connectivity index (χ2v) is 4.54. The van der Waals surface area contributed by atoms with Gasteiger partial charge in [-0.05, 0) is 33.4 Å². The fourth-order valence-electron chi connectivity index (χ4n) is 2.06. The van der Waals surface area contributed by atoms with Crippen molar-refractivity contribution in [1.29, 1.82) is 0 Å². The summed E-state index contributed by atoms with van der Waals surface area (Å²) >= 11 is 0. The predicted octanol–water partition coefficient (Wildman–Crippen LogP) is 3.57. The lowest BCUT2D eigenvalue weighted by molar-refractivity contribution is 0.185. The van der Waals surface area contributed by atoms with Crippen LogP contribution in [0.5, 0.6) is 5.75 Å². The first kappa shape index (κ1) is 13.0. The maximum Gasteiger partial charge on any atom is 0.120 e. The number of hydrogen-bond acceptors (Lipinski definition) is 2. The number of aromatic hydroxyl groups is 1. The number of hydrogen-bond donors (Lipinski definition) is 1. The molecule has 0 aliphatic rings. The summed E-state index contributed by atoms with van der Waals surface area (Å²) in [6.45, 7) is 6.58. The van der Waals surface area contributed by atoms with E-state index in [4.69, 9.17) is 0 Å². The molecular formula is C14H23NO. The van der Waals surface area contributed by atoms with E-state index < -0.39 is 0 Å². The molecule has 0 saturated heterocycles. The summed E-state index contributed by atoms with van der Waals surface area (Å²) in [5.74, 6) is 0.394. The molecule has 1 rings (SSSR count). The van der Waals surface area contributed by atoms with Crippen molar-refractivity contribution in [3.05, 3.63) is 29.8 Å². The molecule has 2 unspecified atom stereocenters. The molecule has 0 radical (unpaired) electrons. The first-order valence-corrected chi connectivity index (χ1v) is 6.07. The van der Waals surface area contributed by atoms with Crippen molar-refractivity contribution in [2.24, 2.45) is 0 Å². The molecule has 2 nitrogen and oxygen atoms in total. The lowest BCUT2D eigenvalue weighted by Crippen LogP contribution is -2.31. The first-order chi connectivity index (χ1) is 7.57. The highest BCUT2D eigenvalue weighted by Crippen LogP contribution is 2.28. The van der Waals surface area contributed by atoms with Gasteiger partial charge in [0.25, 0.3) is 0 Å². The highest BCUT2D eigenvalue weighted by atomic mass is 16.3. The van der Waals surface area contributed by atoms with Gasteiger partial charge >= 0.3 is 0 Å².